The Kier molecular flexibility index (Phi) is 10.1. The lowest BCUT2D eigenvalue weighted by molar-refractivity contribution is -0.277. The van der Waals surface area contributed by atoms with Gasteiger partial charge in [-0.25, -0.2) is 39.4 Å². The van der Waals surface area contributed by atoms with E-state index in [1.165, 1.54) is 0 Å². The van der Waals surface area contributed by atoms with Crippen molar-refractivity contribution in [1.29, 1.82) is 0 Å². The van der Waals surface area contributed by atoms with Crippen molar-refractivity contribution < 1.29 is 71.1 Å². The van der Waals surface area contributed by atoms with E-state index in [4.69, 9.17) is 30.3 Å². The van der Waals surface area contributed by atoms with E-state index in [1.807, 2.05) is 4.98 Å². The van der Waals surface area contributed by atoms with Crippen LogP contribution in [0.5, 0.6) is 0 Å². The number of ether oxygens (including phenoxy) is 2. The number of hydrogen-bond donors (Lipinski definition) is 8. The summed E-state index contributed by atoms with van der Waals surface area (Å²) in [5.74, 6) is 9.75. The number of halogens is 1. The average Bonchev–Trinajstić information content (AvgIpc) is 3.16. The predicted molar refractivity (Wildman–Crippen MR) is 114 cm³/mol. The number of aromatic amines is 1. The molecular formula is C15H25FN4O16P2. The summed E-state index contributed by atoms with van der Waals surface area (Å²) in [6.45, 7) is -2.35. The summed E-state index contributed by atoms with van der Waals surface area (Å²) >= 11 is 0. The number of rotatable bonds is 11. The molecule has 0 amide bonds. The van der Waals surface area contributed by atoms with Gasteiger partial charge in [0.15, 0.2) is 12.5 Å². The fraction of sp³-hybridized carbons (Fsp3) is 0.733. The molecule has 10 N–H and O–H groups in total. The zero-order valence-electron chi connectivity index (χ0n) is 18.9. The zero-order valence-corrected chi connectivity index (χ0v) is 20.7. The summed E-state index contributed by atoms with van der Waals surface area (Å²) in [7, 11) is -10.5. The number of aliphatic hydroxyl groups is 5. The number of nitrogens with two attached hydrogens (primary N) is 2. The van der Waals surface area contributed by atoms with Crippen LogP contribution in [0.4, 0.5) is 4.39 Å². The predicted octanol–water partition coefficient (Wildman–Crippen LogP) is -4.02. The maximum absolute atomic E-state index is 13.1. The van der Waals surface area contributed by atoms with Crippen molar-refractivity contribution in [1.82, 2.24) is 9.55 Å². The quantitative estimate of drug-likeness (QED) is 0.0888. The molecule has 7 unspecified atom stereocenters. The fourth-order valence-corrected chi connectivity index (χ4v) is 5.91. The van der Waals surface area contributed by atoms with Crippen molar-refractivity contribution in [2.45, 2.75) is 55.2 Å². The Labute approximate surface area is 210 Å². The lowest BCUT2D eigenvalue weighted by Crippen LogP contribution is -2.58. The number of nitrogens with one attached hydrogen (secondary N) is 1. The first kappa shape index (κ1) is 31.0. The van der Waals surface area contributed by atoms with Crippen LogP contribution < -0.4 is 23.0 Å². The van der Waals surface area contributed by atoms with Gasteiger partial charge in [0.1, 0.15) is 49.4 Å². The minimum Gasteiger partial charge on any atom is -0.387 e. The molecule has 218 valence electrons. The van der Waals surface area contributed by atoms with Crippen molar-refractivity contribution in [2.75, 3.05) is 13.3 Å². The van der Waals surface area contributed by atoms with Crippen LogP contribution in [0, 0.1) is 0 Å². The third-order valence-corrected chi connectivity index (χ3v) is 8.42. The molecule has 1 aromatic heterocycles. The van der Waals surface area contributed by atoms with Crippen molar-refractivity contribution >= 4 is 15.6 Å². The molecule has 1 aromatic rings. The monoisotopic (exact) mass is 598 g/mol. The maximum Gasteiger partial charge on any atom is 0.502 e. The van der Waals surface area contributed by atoms with Gasteiger partial charge in [-0.1, -0.05) is 0 Å². The molecule has 0 bridgehead atoms. The van der Waals surface area contributed by atoms with Crippen molar-refractivity contribution in [3.05, 3.63) is 33.1 Å². The third-order valence-electron chi connectivity index (χ3n) is 5.37. The van der Waals surface area contributed by atoms with E-state index in [0.717, 1.165) is 16.8 Å². The van der Waals surface area contributed by atoms with Gasteiger partial charge in [0.25, 0.3) is 5.56 Å². The van der Waals surface area contributed by atoms with Crippen molar-refractivity contribution in [2.24, 2.45) is 11.8 Å². The lowest BCUT2D eigenvalue weighted by Gasteiger charge is -2.39. The van der Waals surface area contributed by atoms with Crippen molar-refractivity contribution in [3.63, 3.8) is 0 Å². The highest BCUT2D eigenvalue weighted by Crippen LogP contribution is 2.65. The van der Waals surface area contributed by atoms with Crippen LogP contribution >= 0.6 is 15.6 Å². The van der Waals surface area contributed by atoms with Crippen LogP contribution in [0.15, 0.2) is 21.9 Å². The number of phosphoric acid groups is 2. The van der Waals surface area contributed by atoms with E-state index >= 15 is 0 Å². The summed E-state index contributed by atoms with van der Waals surface area (Å²) in [4.78, 5) is 25.1. The highest BCUT2D eigenvalue weighted by molar-refractivity contribution is 7.62. The van der Waals surface area contributed by atoms with Crippen molar-refractivity contribution in [3.8, 4) is 0 Å². The minimum absolute atomic E-state index is 0.737. The molecule has 3 heterocycles. The number of aliphatic hydroxyl groups excluding tert-OH is 5. The fourth-order valence-electron chi connectivity index (χ4n) is 3.41. The Morgan fingerprint density at radius 3 is 2.16 bits per heavy atom. The number of hydrogen-bond acceptors (Lipinski definition) is 18. The minimum atomic E-state index is -5.33. The average molecular weight is 598 g/mol. The second-order valence-electron chi connectivity index (χ2n) is 7.82. The molecule has 0 spiro atoms. The van der Waals surface area contributed by atoms with E-state index in [9.17, 15) is 48.6 Å². The number of H-pyrrole nitrogens is 1. The highest BCUT2D eigenvalue weighted by atomic mass is 31.3. The van der Waals surface area contributed by atoms with Gasteiger partial charge in [0.2, 0.25) is 0 Å². The molecule has 11 atom stereocenters. The zero-order chi connectivity index (χ0) is 28.4. The molecule has 2 fully saturated rings. The van der Waals surface area contributed by atoms with Crippen LogP contribution in [0.25, 0.3) is 0 Å². The first-order chi connectivity index (χ1) is 17.8. The number of aromatic nitrogens is 2. The third kappa shape index (κ3) is 6.62. The van der Waals surface area contributed by atoms with Crippen LogP contribution in [0.3, 0.4) is 0 Å². The van der Waals surface area contributed by atoms with Gasteiger partial charge in [-0.2, -0.15) is 4.31 Å². The Bertz CT molecular complexity index is 1170. The summed E-state index contributed by atoms with van der Waals surface area (Å²) in [5.41, 5.74) is -1.74. The SMILES string of the molecule is NOP(=O)(OC[C@H]1O[C@@H](n2ccc(=O)[nH]c2=O)[C@H](O)[C@@H]1O)OP(=O)(ON)OC1OC(CF)C(O)C(O)C1O. The molecule has 2 saturated heterocycles. The van der Waals surface area contributed by atoms with E-state index in [0.29, 0.717) is 0 Å². The first-order valence-corrected chi connectivity index (χ1v) is 13.3. The largest absolute Gasteiger partial charge is 0.502 e. The van der Waals surface area contributed by atoms with Crippen LogP contribution in [-0.2, 0) is 41.2 Å². The Balaban J connectivity index is 1.69. The van der Waals surface area contributed by atoms with Crippen LogP contribution in [-0.4, -0.2) is 97.4 Å². The molecule has 23 heteroatoms. The lowest BCUT2D eigenvalue weighted by atomic mass is 10.00. The molecule has 0 radical (unpaired) electrons. The van der Waals surface area contributed by atoms with E-state index < -0.39 is 95.4 Å². The van der Waals surface area contributed by atoms with Crippen LogP contribution in [0.1, 0.15) is 6.23 Å². The van der Waals surface area contributed by atoms with Gasteiger partial charge in [0, 0.05) is 12.3 Å². The Morgan fingerprint density at radius 2 is 1.58 bits per heavy atom. The van der Waals surface area contributed by atoms with Gasteiger partial charge in [-0.3, -0.25) is 23.4 Å². The normalized spacial score (nSPS) is 37.0. The highest BCUT2D eigenvalue weighted by Gasteiger charge is 2.51. The van der Waals surface area contributed by atoms with Crippen LogP contribution in [0.2, 0.25) is 0 Å². The van der Waals surface area contributed by atoms with E-state index in [-0.39, 0.29) is 0 Å². The van der Waals surface area contributed by atoms with Gasteiger partial charge < -0.3 is 35.0 Å². The molecule has 0 aromatic carbocycles. The molecule has 20 nitrogen and oxygen atoms in total. The number of nitrogens with zero attached hydrogens (tertiary/aromatic N) is 1. The molecule has 0 saturated carbocycles. The summed E-state index contributed by atoms with van der Waals surface area (Å²) in [5, 5.41) is 49.9. The van der Waals surface area contributed by atoms with E-state index in [2.05, 4.69) is 13.6 Å². The van der Waals surface area contributed by atoms with Gasteiger partial charge in [0.05, 0.1) is 6.61 Å². The Morgan fingerprint density at radius 1 is 0.947 bits per heavy atom. The number of alkyl halides is 1. The molecule has 3 rings (SSSR count). The summed E-state index contributed by atoms with van der Waals surface area (Å²) < 4.78 is 71.6. The molecule has 38 heavy (non-hydrogen) atoms. The standard InChI is InChI=1S/C15H25FN4O16P2/c16-3-5-8(22)10(24)12(26)14(32-5)33-38(29,35-18)36-37(28,34-17)30-4-6-9(23)11(25)13(31-6)20-2-1-7(21)19-15(20)27/h1-2,5-6,8-14,22-26H,3-4,17-18H2,(H,19,21,27)/t5?,6-,8?,9-,10?,11-,12?,13-,14?,37?,38?/m1/s1. The first-order valence-electron chi connectivity index (χ1n) is 10.4. The molecule has 2 aliphatic heterocycles. The molecule has 0 aliphatic carbocycles. The van der Waals surface area contributed by atoms with Gasteiger partial charge >= 0.3 is 21.3 Å². The molecule has 2 aliphatic rings. The molecular weight excluding hydrogens is 573 g/mol. The second-order valence-corrected chi connectivity index (χ2v) is 11.2. The summed E-state index contributed by atoms with van der Waals surface area (Å²) in [6.07, 6.45) is -15.7. The second kappa shape index (κ2) is 12.4. The topological polar surface area (TPSA) is 307 Å². The van der Waals surface area contributed by atoms with Gasteiger partial charge in [-0.15, -0.1) is 0 Å². The maximum atomic E-state index is 13.1. The summed E-state index contributed by atoms with van der Waals surface area (Å²) in [6, 6.07) is 0.935. The smallest absolute Gasteiger partial charge is 0.387 e. The van der Waals surface area contributed by atoms with E-state index in [1.54, 1.807) is 0 Å². The van der Waals surface area contributed by atoms with Gasteiger partial charge in [-0.05, 0) is 0 Å². The Hall–Kier alpha value is -1.49.